The molecule has 2 aromatic rings. The average molecular weight is 202 g/mol. The van der Waals surface area contributed by atoms with E-state index in [0.29, 0.717) is 0 Å². The van der Waals surface area contributed by atoms with Crippen molar-refractivity contribution in [1.29, 1.82) is 0 Å². The summed E-state index contributed by atoms with van der Waals surface area (Å²) in [6.45, 7) is 2.26. The third-order valence-electron chi connectivity index (χ3n) is 2.97. The van der Waals surface area contributed by atoms with Crippen molar-refractivity contribution >= 4 is 11.2 Å². The van der Waals surface area contributed by atoms with Crippen LogP contribution in [0.25, 0.3) is 11.2 Å². The van der Waals surface area contributed by atoms with E-state index in [9.17, 15) is 0 Å². The third-order valence-corrected chi connectivity index (χ3v) is 2.97. The monoisotopic (exact) mass is 202 g/mol. The van der Waals surface area contributed by atoms with Crippen LogP contribution >= 0.6 is 0 Å². The van der Waals surface area contributed by atoms with Gasteiger partial charge >= 0.3 is 0 Å². The minimum absolute atomic E-state index is 0.732. The first-order chi connectivity index (χ1) is 7.42. The van der Waals surface area contributed by atoms with Crippen molar-refractivity contribution in [3.05, 3.63) is 24.2 Å². The molecular formula is C11H14N4. The fraction of sp³-hybridized carbons (Fsp3) is 0.455. The minimum atomic E-state index is 0.732. The van der Waals surface area contributed by atoms with Gasteiger partial charge in [0.25, 0.3) is 0 Å². The van der Waals surface area contributed by atoms with Gasteiger partial charge in [0.1, 0.15) is 5.52 Å². The van der Waals surface area contributed by atoms with E-state index in [4.69, 9.17) is 0 Å². The maximum Gasteiger partial charge on any atom is 0.155 e. The molecule has 1 fully saturated rings. The van der Waals surface area contributed by atoms with Gasteiger partial charge in [0.2, 0.25) is 0 Å². The number of aromatic amines is 1. The van der Waals surface area contributed by atoms with Gasteiger partial charge in [-0.1, -0.05) is 0 Å². The Morgan fingerprint density at radius 3 is 3.33 bits per heavy atom. The standard InChI is InChI=1S/C11H14N4/c1-3-12-6-8(1)5-9-7-14-11-10(15-9)2-4-13-11/h2,4,7-8,12H,1,3,5-6H2,(H,13,14)/t8-/m0/s1. The summed E-state index contributed by atoms with van der Waals surface area (Å²) in [5.41, 5.74) is 2.96. The summed E-state index contributed by atoms with van der Waals surface area (Å²) in [6.07, 6.45) is 6.07. The molecule has 2 aromatic heterocycles. The number of aromatic nitrogens is 3. The maximum absolute atomic E-state index is 4.58. The smallest absolute Gasteiger partial charge is 0.155 e. The summed E-state index contributed by atoms with van der Waals surface area (Å²) in [7, 11) is 0. The fourth-order valence-corrected chi connectivity index (χ4v) is 2.15. The van der Waals surface area contributed by atoms with Crippen molar-refractivity contribution in [2.24, 2.45) is 5.92 Å². The molecule has 3 rings (SSSR count). The van der Waals surface area contributed by atoms with Crippen LogP contribution in [-0.4, -0.2) is 28.0 Å². The summed E-state index contributed by atoms with van der Waals surface area (Å²) in [5.74, 6) is 0.732. The molecule has 1 aliphatic rings. The van der Waals surface area contributed by atoms with E-state index in [2.05, 4.69) is 20.3 Å². The number of nitrogens with zero attached hydrogens (tertiary/aromatic N) is 2. The summed E-state index contributed by atoms with van der Waals surface area (Å²) in [6, 6.07) is 1.97. The Balaban J connectivity index is 1.84. The molecule has 78 valence electrons. The highest BCUT2D eigenvalue weighted by Crippen LogP contribution is 2.15. The zero-order chi connectivity index (χ0) is 10.1. The molecule has 0 aromatic carbocycles. The van der Waals surface area contributed by atoms with Crippen LogP contribution in [-0.2, 0) is 6.42 Å². The zero-order valence-corrected chi connectivity index (χ0v) is 8.53. The molecule has 15 heavy (non-hydrogen) atoms. The first-order valence-electron chi connectivity index (χ1n) is 5.41. The van der Waals surface area contributed by atoms with Gasteiger partial charge in [0, 0.05) is 6.20 Å². The second-order valence-corrected chi connectivity index (χ2v) is 4.14. The normalized spacial score (nSPS) is 21.2. The highest BCUT2D eigenvalue weighted by molar-refractivity contribution is 5.69. The highest BCUT2D eigenvalue weighted by Gasteiger charge is 2.15. The molecule has 3 heterocycles. The van der Waals surface area contributed by atoms with E-state index in [0.717, 1.165) is 42.3 Å². The van der Waals surface area contributed by atoms with Gasteiger partial charge in [0.05, 0.1) is 11.9 Å². The van der Waals surface area contributed by atoms with E-state index in [1.54, 1.807) is 0 Å². The number of hydrogen-bond donors (Lipinski definition) is 2. The van der Waals surface area contributed by atoms with Crippen LogP contribution in [0.2, 0.25) is 0 Å². The molecular weight excluding hydrogens is 188 g/mol. The Morgan fingerprint density at radius 2 is 2.47 bits per heavy atom. The first kappa shape index (κ1) is 8.85. The average Bonchev–Trinajstić information content (AvgIpc) is 2.87. The molecule has 4 nitrogen and oxygen atoms in total. The molecule has 0 unspecified atom stereocenters. The lowest BCUT2D eigenvalue weighted by Crippen LogP contribution is -2.11. The van der Waals surface area contributed by atoms with Crippen LogP contribution < -0.4 is 5.32 Å². The van der Waals surface area contributed by atoms with Crippen molar-refractivity contribution < 1.29 is 0 Å². The van der Waals surface area contributed by atoms with Gasteiger partial charge in [-0.15, -0.1) is 0 Å². The van der Waals surface area contributed by atoms with Crippen LogP contribution in [0.4, 0.5) is 0 Å². The topological polar surface area (TPSA) is 53.6 Å². The molecule has 0 spiro atoms. The summed E-state index contributed by atoms with van der Waals surface area (Å²) < 4.78 is 0. The van der Waals surface area contributed by atoms with E-state index in [1.165, 1.54) is 6.42 Å². The Hall–Kier alpha value is -1.42. The van der Waals surface area contributed by atoms with Crippen molar-refractivity contribution in [1.82, 2.24) is 20.3 Å². The molecule has 0 bridgehead atoms. The fourth-order valence-electron chi connectivity index (χ4n) is 2.15. The van der Waals surface area contributed by atoms with Gasteiger partial charge in [-0.25, -0.2) is 9.97 Å². The van der Waals surface area contributed by atoms with Crippen LogP contribution in [0.5, 0.6) is 0 Å². The van der Waals surface area contributed by atoms with Gasteiger partial charge in [-0.2, -0.15) is 0 Å². The number of rotatable bonds is 2. The predicted octanol–water partition coefficient (Wildman–Crippen LogP) is 1.11. The van der Waals surface area contributed by atoms with E-state index in [-0.39, 0.29) is 0 Å². The largest absolute Gasteiger partial charge is 0.345 e. The lowest BCUT2D eigenvalue weighted by molar-refractivity contribution is 0.571. The van der Waals surface area contributed by atoms with Gasteiger partial charge in [-0.05, 0) is 37.9 Å². The van der Waals surface area contributed by atoms with Crippen LogP contribution in [0.3, 0.4) is 0 Å². The number of hydrogen-bond acceptors (Lipinski definition) is 3. The van der Waals surface area contributed by atoms with Crippen LogP contribution in [0.15, 0.2) is 18.5 Å². The number of fused-ring (bicyclic) bond motifs is 1. The molecule has 0 aliphatic carbocycles. The first-order valence-corrected chi connectivity index (χ1v) is 5.41. The molecule has 0 amide bonds. The van der Waals surface area contributed by atoms with E-state index < -0.39 is 0 Å². The van der Waals surface area contributed by atoms with E-state index >= 15 is 0 Å². The van der Waals surface area contributed by atoms with Gasteiger partial charge in [-0.3, -0.25) is 0 Å². The second-order valence-electron chi connectivity index (χ2n) is 4.14. The molecule has 4 heteroatoms. The van der Waals surface area contributed by atoms with Gasteiger partial charge < -0.3 is 10.3 Å². The lowest BCUT2D eigenvalue weighted by Gasteiger charge is -2.06. The molecule has 1 atom stereocenters. The predicted molar refractivity (Wildman–Crippen MR) is 58.6 cm³/mol. The van der Waals surface area contributed by atoms with Crippen LogP contribution in [0, 0.1) is 5.92 Å². The van der Waals surface area contributed by atoms with Crippen LogP contribution in [0.1, 0.15) is 12.1 Å². The Kier molecular flexibility index (Phi) is 2.14. The zero-order valence-electron chi connectivity index (χ0n) is 8.53. The summed E-state index contributed by atoms with van der Waals surface area (Å²) in [4.78, 5) is 12.0. The number of H-pyrrole nitrogens is 1. The molecule has 1 aliphatic heterocycles. The van der Waals surface area contributed by atoms with Crippen molar-refractivity contribution in [3.63, 3.8) is 0 Å². The van der Waals surface area contributed by atoms with Crippen molar-refractivity contribution in [2.45, 2.75) is 12.8 Å². The van der Waals surface area contributed by atoms with Crippen molar-refractivity contribution in [2.75, 3.05) is 13.1 Å². The lowest BCUT2D eigenvalue weighted by atomic mass is 10.0. The van der Waals surface area contributed by atoms with Crippen molar-refractivity contribution in [3.8, 4) is 0 Å². The summed E-state index contributed by atoms with van der Waals surface area (Å²) >= 11 is 0. The minimum Gasteiger partial charge on any atom is -0.345 e. The third kappa shape index (κ3) is 1.72. The SMILES string of the molecule is c1cc2nc(C[C@@H]3CCNC3)cnc2[nH]1. The molecule has 0 radical (unpaired) electrons. The van der Waals surface area contributed by atoms with E-state index in [1.807, 2.05) is 18.5 Å². The Morgan fingerprint density at radius 1 is 1.47 bits per heavy atom. The summed E-state index contributed by atoms with van der Waals surface area (Å²) in [5, 5.41) is 3.37. The van der Waals surface area contributed by atoms with Gasteiger partial charge in [0.15, 0.2) is 5.65 Å². The molecule has 1 saturated heterocycles. The quantitative estimate of drug-likeness (QED) is 0.767. The molecule has 2 N–H and O–H groups in total. The second kappa shape index (κ2) is 3.62. The Bertz CT molecular complexity index is 456. The Labute approximate surface area is 88.1 Å². The number of nitrogens with one attached hydrogen (secondary N) is 2. The highest BCUT2D eigenvalue weighted by atomic mass is 14.9. The maximum atomic E-state index is 4.58. The molecule has 0 saturated carbocycles.